The molecule has 0 radical (unpaired) electrons. The lowest BCUT2D eigenvalue weighted by atomic mass is 9.73. The molecule has 1 aromatic heterocycles. The van der Waals surface area contributed by atoms with Crippen LogP contribution in [-0.2, 0) is 4.79 Å². The third-order valence-electron chi connectivity index (χ3n) is 6.40. The highest BCUT2D eigenvalue weighted by atomic mass is 16.3. The Morgan fingerprint density at radius 1 is 1.00 bits per heavy atom. The van der Waals surface area contributed by atoms with Gasteiger partial charge in [-0.15, -0.1) is 0 Å². The van der Waals surface area contributed by atoms with Gasteiger partial charge in [-0.2, -0.15) is 4.68 Å². The summed E-state index contributed by atoms with van der Waals surface area (Å²) in [6.45, 7) is 0. The van der Waals surface area contributed by atoms with Crippen LogP contribution in [0.4, 0.5) is 0 Å². The molecule has 6 rings (SSSR count). The van der Waals surface area contributed by atoms with Crippen molar-refractivity contribution in [1.29, 1.82) is 0 Å². The van der Waals surface area contributed by atoms with E-state index in [2.05, 4.69) is 17.6 Å². The Hall–Kier alpha value is -1.91. The number of carbonyl (C=O) groups is 1. The van der Waals surface area contributed by atoms with Crippen LogP contribution >= 0.6 is 0 Å². The highest BCUT2D eigenvalue weighted by Gasteiger charge is 2.57. The lowest BCUT2D eigenvalue weighted by Crippen LogP contribution is -2.30. The zero-order valence-electron chi connectivity index (χ0n) is 13.0. The summed E-state index contributed by atoms with van der Waals surface area (Å²) in [4.78, 5) is 12.5. The van der Waals surface area contributed by atoms with Crippen LogP contribution < -0.4 is 5.43 Å². The summed E-state index contributed by atoms with van der Waals surface area (Å²) < 4.78 is 1.22. The molecule has 23 heavy (non-hydrogen) atoms. The van der Waals surface area contributed by atoms with E-state index in [-0.39, 0.29) is 35.4 Å². The molecule has 5 heteroatoms. The highest BCUT2D eigenvalue weighted by Crippen LogP contribution is 2.67. The zero-order chi connectivity index (χ0) is 15.7. The smallest absolute Gasteiger partial charge is 0.242 e. The number of aromatic nitrogens is 1. The number of hydrogen-bond acceptors (Lipinski definition) is 3. The Labute approximate surface area is 135 Å². The van der Waals surface area contributed by atoms with Gasteiger partial charge < -0.3 is 10.2 Å². The molecule has 0 spiro atoms. The standard InChI is InChI=1S/C18H22N2O3/c21-16(9-4-2-1-3-5-9)19-20-17(22)14-10-6-7-11(13-8-12(10)13)15(14)18(20)23/h6-7,9-13,22-23H,1-5,8H2,(H,19,21). The minimum atomic E-state index is -0.0897. The minimum Gasteiger partial charge on any atom is -0.493 e. The molecule has 4 unspecified atom stereocenters. The van der Waals surface area contributed by atoms with Gasteiger partial charge in [-0.05, 0) is 31.1 Å². The number of amides is 1. The Kier molecular flexibility index (Phi) is 2.68. The summed E-state index contributed by atoms with van der Waals surface area (Å²) in [6, 6.07) is 0. The summed E-state index contributed by atoms with van der Waals surface area (Å²) in [7, 11) is 0. The van der Waals surface area contributed by atoms with E-state index >= 15 is 0 Å². The SMILES string of the molecule is O=C(Nn1c(O)c2c(c1O)C1C=CC2C2CC12)C1CCCCC1. The zero-order valence-corrected chi connectivity index (χ0v) is 13.0. The van der Waals surface area contributed by atoms with Gasteiger partial charge in [-0.25, -0.2) is 0 Å². The summed E-state index contributed by atoms with van der Waals surface area (Å²) in [5.74, 6) is 1.54. The van der Waals surface area contributed by atoms with Gasteiger partial charge in [0.15, 0.2) is 0 Å². The molecule has 122 valence electrons. The monoisotopic (exact) mass is 314 g/mol. The largest absolute Gasteiger partial charge is 0.493 e. The molecule has 1 aromatic rings. The number of hydrogen-bond donors (Lipinski definition) is 3. The minimum absolute atomic E-state index is 0.00905. The van der Waals surface area contributed by atoms with Crippen molar-refractivity contribution >= 4 is 5.91 Å². The van der Waals surface area contributed by atoms with E-state index in [1.54, 1.807) is 0 Å². The van der Waals surface area contributed by atoms with Crippen LogP contribution in [0.25, 0.3) is 0 Å². The number of carbonyl (C=O) groups excluding carboxylic acids is 1. The molecule has 0 aliphatic heterocycles. The van der Waals surface area contributed by atoms with Gasteiger partial charge in [-0.3, -0.25) is 10.2 Å². The van der Waals surface area contributed by atoms with Crippen LogP contribution in [0.1, 0.15) is 61.5 Å². The second kappa shape index (κ2) is 4.56. The van der Waals surface area contributed by atoms with Crippen molar-refractivity contribution in [3.8, 4) is 11.8 Å². The molecule has 2 bridgehead atoms. The first-order valence-corrected chi connectivity index (χ1v) is 8.82. The van der Waals surface area contributed by atoms with E-state index < -0.39 is 0 Å². The summed E-state index contributed by atoms with van der Waals surface area (Å²) in [6.07, 6.45) is 10.6. The normalized spacial score (nSPS) is 34.1. The molecule has 2 fully saturated rings. The van der Waals surface area contributed by atoms with Gasteiger partial charge in [-0.1, -0.05) is 31.4 Å². The van der Waals surface area contributed by atoms with Crippen LogP contribution in [0.3, 0.4) is 0 Å². The fourth-order valence-corrected chi connectivity index (χ4v) is 5.12. The molecule has 1 heterocycles. The second-order valence-electron chi connectivity index (χ2n) is 7.62. The summed E-state index contributed by atoms with van der Waals surface area (Å²) in [5.41, 5.74) is 4.42. The van der Waals surface area contributed by atoms with Crippen molar-refractivity contribution in [2.45, 2.75) is 50.4 Å². The topological polar surface area (TPSA) is 74.5 Å². The predicted molar refractivity (Wildman–Crippen MR) is 84.9 cm³/mol. The van der Waals surface area contributed by atoms with Crippen LogP contribution in [0.15, 0.2) is 12.2 Å². The molecular weight excluding hydrogens is 292 g/mol. The lowest BCUT2D eigenvalue weighted by molar-refractivity contribution is -0.121. The molecule has 5 aliphatic rings. The molecule has 2 saturated carbocycles. The van der Waals surface area contributed by atoms with Gasteiger partial charge in [0.25, 0.3) is 0 Å². The molecule has 5 nitrogen and oxygen atoms in total. The van der Waals surface area contributed by atoms with Crippen LogP contribution in [0.2, 0.25) is 0 Å². The third kappa shape index (κ3) is 1.76. The maximum absolute atomic E-state index is 12.5. The van der Waals surface area contributed by atoms with E-state index in [9.17, 15) is 15.0 Å². The predicted octanol–water partition coefficient (Wildman–Crippen LogP) is 2.94. The maximum atomic E-state index is 12.5. The molecular formula is C18H22N2O3. The molecule has 0 saturated heterocycles. The number of nitrogens with one attached hydrogen (secondary N) is 1. The average Bonchev–Trinajstić information content (AvgIpc) is 3.37. The fraction of sp³-hybridized carbons (Fsp3) is 0.611. The number of nitrogens with zero attached hydrogens (tertiary/aromatic N) is 1. The average molecular weight is 314 g/mol. The van der Waals surface area contributed by atoms with Crippen molar-refractivity contribution < 1.29 is 15.0 Å². The first-order chi connectivity index (χ1) is 11.2. The van der Waals surface area contributed by atoms with Crippen molar-refractivity contribution in [3.05, 3.63) is 23.3 Å². The van der Waals surface area contributed by atoms with Crippen LogP contribution in [0.5, 0.6) is 11.8 Å². The van der Waals surface area contributed by atoms with E-state index in [1.165, 1.54) is 17.5 Å². The van der Waals surface area contributed by atoms with E-state index in [0.29, 0.717) is 11.8 Å². The first-order valence-electron chi connectivity index (χ1n) is 8.82. The molecule has 0 aromatic carbocycles. The van der Waals surface area contributed by atoms with Gasteiger partial charge >= 0.3 is 0 Å². The molecule has 5 aliphatic carbocycles. The van der Waals surface area contributed by atoms with Gasteiger partial charge in [0.05, 0.1) is 0 Å². The summed E-state index contributed by atoms with van der Waals surface area (Å²) in [5, 5.41) is 21.2. The van der Waals surface area contributed by atoms with E-state index in [1.807, 2.05) is 0 Å². The number of allylic oxidation sites excluding steroid dienone is 2. The Morgan fingerprint density at radius 3 is 2.13 bits per heavy atom. The lowest BCUT2D eigenvalue weighted by Gasteiger charge is -2.29. The van der Waals surface area contributed by atoms with Crippen LogP contribution in [-0.4, -0.2) is 20.8 Å². The van der Waals surface area contributed by atoms with Gasteiger partial charge in [0.2, 0.25) is 17.7 Å². The van der Waals surface area contributed by atoms with Gasteiger partial charge in [0.1, 0.15) is 0 Å². The van der Waals surface area contributed by atoms with Crippen molar-refractivity contribution in [3.63, 3.8) is 0 Å². The van der Waals surface area contributed by atoms with E-state index in [4.69, 9.17) is 0 Å². The van der Waals surface area contributed by atoms with Crippen molar-refractivity contribution in [2.24, 2.45) is 17.8 Å². The maximum Gasteiger partial charge on any atom is 0.242 e. The van der Waals surface area contributed by atoms with E-state index in [0.717, 1.165) is 36.8 Å². The molecule has 3 N–H and O–H groups in total. The number of rotatable bonds is 2. The van der Waals surface area contributed by atoms with Crippen LogP contribution in [0, 0.1) is 17.8 Å². The van der Waals surface area contributed by atoms with Gasteiger partial charge in [0, 0.05) is 28.9 Å². The fourth-order valence-electron chi connectivity index (χ4n) is 5.12. The first kappa shape index (κ1) is 13.5. The highest BCUT2D eigenvalue weighted by molar-refractivity contribution is 5.86. The Balaban J connectivity index is 1.48. The Morgan fingerprint density at radius 2 is 1.57 bits per heavy atom. The second-order valence-corrected chi connectivity index (χ2v) is 7.62. The Bertz CT molecular complexity index is 673. The molecule has 1 amide bonds. The summed E-state index contributed by atoms with van der Waals surface area (Å²) >= 11 is 0. The van der Waals surface area contributed by atoms with Crippen molar-refractivity contribution in [1.82, 2.24) is 4.68 Å². The number of aromatic hydroxyl groups is 2. The molecule has 4 atom stereocenters. The van der Waals surface area contributed by atoms with Crippen molar-refractivity contribution in [2.75, 3.05) is 5.43 Å². The quantitative estimate of drug-likeness (QED) is 0.735. The third-order valence-corrected chi connectivity index (χ3v) is 6.40.